The zero-order valence-corrected chi connectivity index (χ0v) is 16.1. The van der Waals surface area contributed by atoms with E-state index in [0.717, 1.165) is 61.9 Å². The van der Waals surface area contributed by atoms with Crippen LogP contribution >= 0.6 is 0 Å². The van der Waals surface area contributed by atoms with Gasteiger partial charge in [0.25, 0.3) is 0 Å². The second kappa shape index (κ2) is 9.53. The lowest BCUT2D eigenvalue weighted by atomic mass is 10.1. The molecule has 0 radical (unpaired) electrons. The van der Waals surface area contributed by atoms with Crippen molar-refractivity contribution in [3.05, 3.63) is 47.3 Å². The maximum Gasteiger partial charge on any atom is 0.234 e. The zero-order valence-electron chi connectivity index (χ0n) is 16.1. The summed E-state index contributed by atoms with van der Waals surface area (Å²) >= 11 is 0. The highest BCUT2D eigenvalue weighted by Gasteiger charge is 2.19. The van der Waals surface area contributed by atoms with Crippen LogP contribution in [0.5, 0.6) is 5.75 Å². The Bertz CT molecular complexity index is 738. The van der Waals surface area contributed by atoms with Crippen LogP contribution in [0.2, 0.25) is 0 Å². The maximum atomic E-state index is 12.2. The second-order valence-electron chi connectivity index (χ2n) is 6.89. The smallest absolute Gasteiger partial charge is 0.234 e. The number of carbonyl (C=O) groups is 1. The van der Waals surface area contributed by atoms with Crippen molar-refractivity contribution in [3.63, 3.8) is 0 Å². The molecule has 0 unspecified atom stereocenters. The van der Waals surface area contributed by atoms with Crippen LogP contribution in [-0.4, -0.2) is 67.2 Å². The van der Waals surface area contributed by atoms with E-state index in [0.29, 0.717) is 13.1 Å². The maximum absolute atomic E-state index is 12.2. The SMILES string of the molecule is COc1ccccc1CCNC(=O)CN1CCN(Cc2cc(C)on2)CC1. The third kappa shape index (κ3) is 5.80. The minimum Gasteiger partial charge on any atom is -0.496 e. The first-order valence-electron chi connectivity index (χ1n) is 9.39. The molecule has 3 rings (SSSR count). The zero-order chi connectivity index (χ0) is 19.1. The Morgan fingerprint density at radius 2 is 1.96 bits per heavy atom. The Morgan fingerprint density at radius 1 is 1.22 bits per heavy atom. The van der Waals surface area contributed by atoms with Gasteiger partial charge in [0.05, 0.1) is 19.3 Å². The number of piperazine rings is 1. The average molecular weight is 372 g/mol. The molecule has 1 aliphatic rings. The predicted octanol–water partition coefficient (Wildman–Crippen LogP) is 1.47. The first-order chi connectivity index (χ1) is 13.1. The van der Waals surface area contributed by atoms with Crippen molar-refractivity contribution in [1.29, 1.82) is 0 Å². The molecular formula is C20H28N4O3. The van der Waals surface area contributed by atoms with Crippen molar-refractivity contribution in [1.82, 2.24) is 20.3 Å². The van der Waals surface area contributed by atoms with Gasteiger partial charge in [0.2, 0.25) is 5.91 Å². The van der Waals surface area contributed by atoms with Gasteiger partial charge in [-0.3, -0.25) is 14.6 Å². The van der Waals surface area contributed by atoms with E-state index in [1.54, 1.807) is 7.11 Å². The molecule has 7 heteroatoms. The van der Waals surface area contributed by atoms with Gasteiger partial charge in [-0.1, -0.05) is 23.4 Å². The van der Waals surface area contributed by atoms with Gasteiger partial charge in [0.15, 0.2) is 0 Å². The third-order valence-electron chi connectivity index (χ3n) is 4.80. The molecule has 0 aliphatic carbocycles. The standard InChI is InChI=1S/C20H28N4O3/c1-16-13-18(22-27-16)14-23-9-11-24(12-10-23)15-20(25)21-8-7-17-5-3-4-6-19(17)26-2/h3-6,13H,7-12,14-15H2,1-2H3,(H,21,25). The molecule has 0 atom stereocenters. The number of hydrogen-bond donors (Lipinski definition) is 1. The number of nitrogens with one attached hydrogen (secondary N) is 1. The molecule has 1 amide bonds. The number of methoxy groups -OCH3 is 1. The van der Waals surface area contributed by atoms with Crippen molar-refractivity contribution in [2.24, 2.45) is 0 Å². The molecule has 1 aromatic carbocycles. The van der Waals surface area contributed by atoms with E-state index < -0.39 is 0 Å². The summed E-state index contributed by atoms with van der Waals surface area (Å²) in [4.78, 5) is 16.7. The van der Waals surface area contributed by atoms with E-state index in [-0.39, 0.29) is 5.91 Å². The fraction of sp³-hybridized carbons (Fsp3) is 0.500. The van der Waals surface area contributed by atoms with E-state index in [4.69, 9.17) is 9.26 Å². The number of hydrogen-bond acceptors (Lipinski definition) is 6. The molecule has 1 fully saturated rings. The summed E-state index contributed by atoms with van der Waals surface area (Å²) in [5.74, 6) is 1.78. The van der Waals surface area contributed by atoms with Crippen LogP contribution in [0, 0.1) is 6.92 Å². The van der Waals surface area contributed by atoms with Gasteiger partial charge in [-0.15, -0.1) is 0 Å². The van der Waals surface area contributed by atoms with Gasteiger partial charge in [0, 0.05) is 45.3 Å². The van der Waals surface area contributed by atoms with Gasteiger partial charge in [-0.05, 0) is 25.0 Å². The molecule has 2 aromatic rings. The van der Waals surface area contributed by atoms with Crippen molar-refractivity contribution in [2.75, 3.05) is 46.4 Å². The Balaban J connectivity index is 1.34. The lowest BCUT2D eigenvalue weighted by molar-refractivity contribution is -0.122. The molecule has 0 saturated carbocycles. The van der Waals surface area contributed by atoms with Gasteiger partial charge in [0.1, 0.15) is 11.5 Å². The molecule has 1 saturated heterocycles. The lowest BCUT2D eigenvalue weighted by Gasteiger charge is -2.33. The van der Waals surface area contributed by atoms with Crippen LogP contribution in [-0.2, 0) is 17.8 Å². The molecule has 1 N–H and O–H groups in total. The molecule has 27 heavy (non-hydrogen) atoms. The van der Waals surface area contributed by atoms with Gasteiger partial charge >= 0.3 is 0 Å². The van der Waals surface area contributed by atoms with E-state index in [1.807, 2.05) is 37.3 Å². The van der Waals surface area contributed by atoms with Crippen LogP contribution in [0.15, 0.2) is 34.9 Å². The van der Waals surface area contributed by atoms with E-state index in [9.17, 15) is 4.79 Å². The van der Waals surface area contributed by atoms with Crippen molar-refractivity contribution in [2.45, 2.75) is 19.9 Å². The summed E-state index contributed by atoms with van der Waals surface area (Å²) in [6, 6.07) is 9.88. The number of para-hydroxylation sites is 1. The number of aromatic nitrogens is 1. The molecule has 2 heterocycles. The lowest BCUT2D eigenvalue weighted by Crippen LogP contribution is -2.49. The van der Waals surface area contributed by atoms with Gasteiger partial charge in [-0.25, -0.2) is 0 Å². The highest BCUT2D eigenvalue weighted by Crippen LogP contribution is 2.17. The average Bonchev–Trinajstić information content (AvgIpc) is 3.08. The van der Waals surface area contributed by atoms with Crippen molar-refractivity contribution in [3.8, 4) is 5.75 Å². The Labute approximate surface area is 160 Å². The first kappa shape index (κ1) is 19.4. The van der Waals surface area contributed by atoms with E-state index in [1.165, 1.54) is 0 Å². The van der Waals surface area contributed by atoms with Crippen LogP contribution in [0.1, 0.15) is 17.0 Å². The van der Waals surface area contributed by atoms with Crippen molar-refractivity contribution >= 4 is 5.91 Å². The van der Waals surface area contributed by atoms with Gasteiger partial charge < -0.3 is 14.6 Å². The Kier molecular flexibility index (Phi) is 6.84. The summed E-state index contributed by atoms with van der Waals surface area (Å²) < 4.78 is 10.5. The van der Waals surface area contributed by atoms with E-state index >= 15 is 0 Å². The number of rotatable bonds is 8. The summed E-state index contributed by atoms with van der Waals surface area (Å²) in [7, 11) is 1.67. The molecular weight excluding hydrogens is 344 g/mol. The highest BCUT2D eigenvalue weighted by atomic mass is 16.5. The molecule has 0 bridgehead atoms. The highest BCUT2D eigenvalue weighted by molar-refractivity contribution is 5.78. The van der Waals surface area contributed by atoms with Crippen LogP contribution in [0.25, 0.3) is 0 Å². The monoisotopic (exact) mass is 372 g/mol. The van der Waals surface area contributed by atoms with E-state index in [2.05, 4.69) is 20.3 Å². The molecule has 7 nitrogen and oxygen atoms in total. The second-order valence-corrected chi connectivity index (χ2v) is 6.89. The normalized spacial score (nSPS) is 15.6. The molecule has 1 aliphatic heterocycles. The van der Waals surface area contributed by atoms with Crippen molar-refractivity contribution < 1.29 is 14.1 Å². The molecule has 1 aromatic heterocycles. The fourth-order valence-corrected chi connectivity index (χ4v) is 3.33. The molecule has 146 valence electrons. The third-order valence-corrected chi connectivity index (χ3v) is 4.80. The minimum absolute atomic E-state index is 0.0745. The summed E-state index contributed by atoms with van der Waals surface area (Å²) in [5, 5.41) is 7.06. The number of carbonyl (C=O) groups excluding carboxylic acids is 1. The Hall–Kier alpha value is -2.38. The first-order valence-corrected chi connectivity index (χ1v) is 9.39. The summed E-state index contributed by atoms with van der Waals surface area (Å²) in [5.41, 5.74) is 2.08. The topological polar surface area (TPSA) is 70.8 Å². The minimum atomic E-state index is 0.0745. The molecule has 0 spiro atoms. The fourth-order valence-electron chi connectivity index (χ4n) is 3.33. The number of benzene rings is 1. The summed E-state index contributed by atoms with van der Waals surface area (Å²) in [6.07, 6.45) is 0.765. The largest absolute Gasteiger partial charge is 0.496 e. The summed E-state index contributed by atoms with van der Waals surface area (Å²) in [6.45, 7) is 7.40. The van der Waals surface area contributed by atoms with Gasteiger partial charge in [-0.2, -0.15) is 0 Å². The number of nitrogens with zero attached hydrogens (tertiary/aromatic N) is 3. The number of amides is 1. The predicted molar refractivity (Wildman–Crippen MR) is 103 cm³/mol. The van der Waals surface area contributed by atoms with Crippen LogP contribution < -0.4 is 10.1 Å². The van der Waals surface area contributed by atoms with Crippen LogP contribution in [0.4, 0.5) is 0 Å². The number of ether oxygens (including phenoxy) is 1. The van der Waals surface area contributed by atoms with Crippen LogP contribution in [0.3, 0.4) is 0 Å². The number of aryl methyl sites for hydroxylation is 1. The quantitative estimate of drug-likeness (QED) is 0.757. The Morgan fingerprint density at radius 3 is 2.67 bits per heavy atom.